The lowest BCUT2D eigenvalue weighted by atomic mass is 9.89. The predicted octanol–water partition coefficient (Wildman–Crippen LogP) is 0.931. The highest BCUT2D eigenvalue weighted by atomic mass is 32.2. The van der Waals surface area contributed by atoms with E-state index in [0.717, 1.165) is 30.5 Å². The number of nitrogen functional groups attached to an aromatic ring is 2. The van der Waals surface area contributed by atoms with Crippen LogP contribution in [0.5, 0.6) is 0 Å². The summed E-state index contributed by atoms with van der Waals surface area (Å²) in [7, 11) is -27.5. The molecule has 39 nitrogen and oxygen atoms in total. The quantitative estimate of drug-likeness (QED) is 0.00392. The molecule has 0 bridgehead atoms. The van der Waals surface area contributed by atoms with Gasteiger partial charge in [0.2, 0.25) is 16.2 Å². The molecule has 17 N–H and O–H groups in total. The number of nitrogens with two attached hydrogens (primary N) is 3. The first-order chi connectivity index (χ1) is 46.1. The summed E-state index contributed by atoms with van der Waals surface area (Å²) in [5, 5.41) is 41.7. The van der Waals surface area contributed by atoms with Crippen molar-refractivity contribution in [2.75, 3.05) is 77.3 Å². The number of allylic oxidation sites excluding steroid dienone is 1. The Balaban J connectivity index is 0.843. The number of carboxylic acid groups (broad SMARTS) is 1. The number of hydrogen-bond donors (Lipinski definition) is 14. The molecule has 2 aliphatic heterocycles. The molecule has 0 radical (unpaired) electrons. The van der Waals surface area contributed by atoms with Crippen molar-refractivity contribution in [3.63, 3.8) is 0 Å². The molecule has 2 aromatic carbocycles. The molecule has 6 rings (SSSR count). The zero-order chi connectivity index (χ0) is 72.2. The Bertz CT molecular complexity index is 4520. The molecule has 3 amide bonds. The largest absolute Gasteiger partial charge is 0.497 e. The lowest BCUT2D eigenvalue weighted by Crippen LogP contribution is -2.47. The molecule has 98 heavy (non-hydrogen) atoms. The van der Waals surface area contributed by atoms with Crippen molar-refractivity contribution >= 4 is 90.1 Å². The number of amides is 3. The molecule has 5 atom stereocenters. The predicted molar refractivity (Wildman–Crippen MR) is 331 cm³/mol. The number of ether oxygens (including phenoxy) is 6. The smallest absolute Gasteiger partial charge is 0.490 e. The van der Waals surface area contributed by atoms with Crippen molar-refractivity contribution in [3.05, 3.63) is 105 Å². The fourth-order valence-corrected chi connectivity index (χ4v) is 13.7. The number of phosphoric ester groups is 1. The summed E-state index contributed by atoms with van der Waals surface area (Å²) in [6.07, 6.45) is -0.0929. The van der Waals surface area contributed by atoms with Gasteiger partial charge in [-0.15, -0.1) is 0 Å². The molecule has 0 spiro atoms. The van der Waals surface area contributed by atoms with Crippen LogP contribution in [0.15, 0.2) is 85.6 Å². The van der Waals surface area contributed by atoms with Gasteiger partial charge in [0.25, 0.3) is 16.0 Å². The number of rotatable bonds is 35. The van der Waals surface area contributed by atoms with Crippen LogP contribution in [0, 0.1) is 34.5 Å². The van der Waals surface area contributed by atoms with E-state index in [4.69, 9.17) is 64.8 Å². The normalized spacial score (nSPS) is 16.2. The van der Waals surface area contributed by atoms with Crippen LogP contribution in [0.3, 0.4) is 0 Å². The third-order valence-electron chi connectivity index (χ3n) is 13.2. The van der Waals surface area contributed by atoms with Crippen molar-refractivity contribution in [1.29, 1.82) is 10.5 Å². The van der Waals surface area contributed by atoms with E-state index in [0.29, 0.717) is 19.3 Å². The highest BCUT2D eigenvalue weighted by Crippen LogP contribution is 2.66. The molecule has 2 unspecified atom stereocenters. The van der Waals surface area contributed by atoms with Crippen LogP contribution in [0.4, 0.5) is 16.3 Å². The highest BCUT2D eigenvalue weighted by molar-refractivity contribution is 7.86. The fraction of sp³-hybridized carbons (Fsp3) is 0.352. The first-order valence-corrected chi connectivity index (χ1v) is 35.6. The third-order valence-corrected chi connectivity index (χ3v) is 18.9. The second-order valence-corrected chi connectivity index (χ2v) is 27.3. The number of fused-ring (bicyclic) bond motifs is 2. The molecule has 3 heterocycles. The zero-order valence-electron chi connectivity index (χ0n) is 50.7. The number of unbranched alkanes of at least 4 members (excludes halogenated alkanes) is 2. The van der Waals surface area contributed by atoms with E-state index in [1.165, 1.54) is 30.5 Å². The van der Waals surface area contributed by atoms with Gasteiger partial charge in [0.1, 0.15) is 37.3 Å². The minimum atomic E-state index is -5.86. The summed E-state index contributed by atoms with van der Waals surface area (Å²) < 4.78 is 156. The summed E-state index contributed by atoms with van der Waals surface area (Å²) in [6, 6.07) is 11.8. The van der Waals surface area contributed by atoms with Crippen molar-refractivity contribution in [1.82, 2.24) is 25.9 Å². The fourth-order valence-electron chi connectivity index (χ4n) is 9.15. The van der Waals surface area contributed by atoms with Gasteiger partial charge in [-0.3, -0.25) is 28.6 Å². The van der Waals surface area contributed by atoms with Gasteiger partial charge in [0.15, 0.2) is 16.2 Å². The number of phosphoric acid groups is 3. The van der Waals surface area contributed by atoms with Crippen molar-refractivity contribution in [2.24, 2.45) is 0 Å². The third kappa shape index (κ3) is 23.1. The topological polar surface area (TPSA) is 633 Å². The summed E-state index contributed by atoms with van der Waals surface area (Å²) >= 11 is 0. The summed E-state index contributed by atoms with van der Waals surface area (Å²) in [5.41, 5.74) is 8.62. The minimum absolute atomic E-state index is 0.0883. The van der Waals surface area contributed by atoms with Crippen LogP contribution >= 0.6 is 23.5 Å². The van der Waals surface area contributed by atoms with Crippen molar-refractivity contribution in [2.45, 2.75) is 66.6 Å². The maximum atomic E-state index is 13.2. The molecular weight excluding hydrogens is 1410 g/mol. The van der Waals surface area contributed by atoms with Crippen LogP contribution in [0.2, 0.25) is 0 Å². The van der Waals surface area contributed by atoms with E-state index in [2.05, 4.69) is 50.9 Å². The summed E-state index contributed by atoms with van der Waals surface area (Å²) in [5.74, 6) is 1.64. The Morgan fingerprint density at radius 3 is 2.23 bits per heavy atom. The molecule has 1 aromatic heterocycles. The van der Waals surface area contributed by atoms with Crippen LogP contribution in [0.25, 0.3) is 33.4 Å². The van der Waals surface area contributed by atoms with E-state index in [9.17, 15) is 83.8 Å². The number of hydrogen-bond acceptors (Lipinski definition) is 27. The SMILES string of the molecule is N#C/C=C/O[C@@H]1C[C@H](c2[nH]c(=O)nc(N)c2C#CCNC(=O)OCCO/C=C(\C#N)CCOCCOCCNC(=O)CCCCCNC(=O)c2ccc(-c3c4ccc(=[NH2+])c(S(=O)(=O)O)c-4oc4c(S(=O)(=O)O)c(N)ccc34)c(C(=O)O)c2)O[C@@H]1COP(=O)(O)OP(=O)(O)OP(=O)(O)O. The number of carbonyl (C=O) groups excluding carboxylic acids is 3. The second-order valence-electron chi connectivity index (χ2n) is 20.1. The Morgan fingerprint density at radius 1 is 0.837 bits per heavy atom. The number of H-pyrrole nitrogens is 1. The molecule has 0 saturated carbocycles. The van der Waals surface area contributed by atoms with Gasteiger partial charge < -0.3 is 89.9 Å². The average Bonchev–Trinajstić information content (AvgIpc) is 0.822. The van der Waals surface area contributed by atoms with Crippen LogP contribution in [0.1, 0.15) is 76.6 Å². The Kier molecular flexibility index (Phi) is 27.9. The summed E-state index contributed by atoms with van der Waals surface area (Å²) in [4.78, 5) is 104. The maximum Gasteiger partial charge on any atom is 0.490 e. The number of alkyl carbamates (subject to hydrolysis) is 1. The summed E-state index contributed by atoms with van der Waals surface area (Å²) in [6.45, 7) is -0.806. The molecule has 44 heteroatoms. The Morgan fingerprint density at radius 2 is 1.55 bits per heavy atom. The van der Waals surface area contributed by atoms with Gasteiger partial charge in [-0.05, 0) is 48.7 Å². The number of nitriles is 2. The van der Waals surface area contributed by atoms with Crippen LogP contribution in [-0.4, -0.2) is 163 Å². The maximum absolute atomic E-state index is 13.2. The van der Waals surface area contributed by atoms with Gasteiger partial charge in [-0.2, -0.15) is 41.0 Å². The second kappa shape index (κ2) is 35.0. The van der Waals surface area contributed by atoms with Crippen LogP contribution < -0.4 is 43.9 Å². The number of carbonyl (C=O) groups is 4. The first-order valence-electron chi connectivity index (χ1n) is 28.2. The monoisotopic (exact) mass is 1470 g/mol. The molecular formula is C54H62N10O29P3S2+. The Hall–Kier alpha value is -8.98. The number of aromatic carboxylic acids is 1. The van der Waals surface area contributed by atoms with Gasteiger partial charge in [-0.1, -0.05) is 24.3 Å². The van der Waals surface area contributed by atoms with Gasteiger partial charge >= 0.3 is 51.3 Å². The molecule has 3 aromatic rings. The molecule has 1 aliphatic carbocycles. The first kappa shape index (κ1) is 78.0. The lowest BCUT2D eigenvalue weighted by molar-refractivity contribution is -0.176. The van der Waals surface area contributed by atoms with Crippen LogP contribution in [-0.2, 0) is 80.3 Å². The number of aromatic amines is 1. The number of anilines is 2. The van der Waals surface area contributed by atoms with Gasteiger partial charge in [0, 0.05) is 60.5 Å². The molecule has 528 valence electrons. The molecule has 1 saturated heterocycles. The minimum Gasteiger partial charge on any atom is -0.497 e. The average molecular weight is 1470 g/mol. The lowest BCUT2D eigenvalue weighted by Gasteiger charge is -2.20. The number of aromatic nitrogens is 2. The van der Waals surface area contributed by atoms with Gasteiger partial charge in [-0.25, -0.2) is 28.1 Å². The van der Waals surface area contributed by atoms with Crippen molar-refractivity contribution < 1.29 is 135 Å². The van der Waals surface area contributed by atoms with E-state index < -0.39 is 130 Å². The van der Waals surface area contributed by atoms with Gasteiger partial charge in [0.05, 0.1) is 98.4 Å². The zero-order valence-corrected chi connectivity index (χ0v) is 55.0. The van der Waals surface area contributed by atoms with E-state index >= 15 is 0 Å². The van der Waals surface area contributed by atoms with Crippen molar-refractivity contribution in [3.8, 4) is 46.4 Å². The number of nitrogens with zero attached hydrogens (tertiary/aromatic N) is 3. The Labute approximate surface area is 554 Å². The van der Waals surface area contributed by atoms with E-state index in [-0.39, 0.29) is 135 Å². The number of nitrogens with one attached hydrogen (secondary N) is 4. The number of carboxylic acids is 1. The number of benzene rings is 3. The van der Waals surface area contributed by atoms with E-state index in [1.807, 2.05) is 6.07 Å². The molecule has 3 aliphatic rings. The van der Waals surface area contributed by atoms with E-state index in [1.54, 1.807) is 6.07 Å². The molecule has 1 fully saturated rings. The highest BCUT2D eigenvalue weighted by Gasteiger charge is 2.44. The standard InChI is InChI=1S/C54H61N10O29P3S2/c55-15-5-19-87-40-27-41(90-42(40)30-89-95(74,75)93-96(76,77)92-94(71,72)73)45-36(50(59)64-53(69)63-45)6-4-17-62-54(70)88-25-24-86-29-31(28-56)14-20-84-22-23-85-21-18-60-43(65)7-2-1-3-16-61-51(66)32-8-9-33(37(26-32)52(67)68)44-34-10-12-38(57)48(97(78,79)80)46(34)91-47-35(44)11-13-39(58)49(47)98(81,82)83/h5,8-13,19,26,29,40-42,57H,1-3,7,14,16-18,20-25,27,30,58H2,(H,60,65)(H,61,66)(H,62,70)(H,67,68)(H,74,75)(H,76,77)(H2,71,72,73)(H,78,79,80)(H,81,82,83)(H3,59,63,64,69)/p+1/b19-5+,31-29-,57-38?/t40-,41-,42-/m1/s1.